The van der Waals surface area contributed by atoms with Crippen LogP contribution in [0, 0.1) is 0 Å². The molecular formula is C20H32N2O3. The van der Waals surface area contributed by atoms with E-state index < -0.39 is 6.09 Å². The molecule has 5 nitrogen and oxygen atoms in total. The van der Waals surface area contributed by atoms with E-state index in [0.717, 1.165) is 6.42 Å². The van der Waals surface area contributed by atoms with Gasteiger partial charge < -0.3 is 15.7 Å². The van der Waals surface area contributed by atoms with Gasteiger partial charge in [-0.2, -0.15) is 0 Å². The van der Waals surface area contributed by atoms with E-state index in [9.17, 15) is 9.59 Å². The first-order chi connectivity index (χ1) is 12.1. The monoisotopic (exact) mass is 348 g/mol. The number of amides is 2. The van der Waals surface area contributed by atoms with Gasteiger partial charge in [-0.25, -0.2) is 4.79 Å². The number of hydrogen-bond donors (Lipinski definition) is 3. The molecule has 2 amide bonds. The number of rotatable bonds is 13. The van der Waals surface area contributed by atoms with Gasteiger partial charge in [0.15, 0.2) is 0 Å². The minimum Gasteiger partial charge on any atom is -0.465 e. The van der Waals surface area contributed by atoms with Crippen molar-refractivity contribution in [3.05, 3.63) is 35.4 Å². The minimum atomic E-state index is -1.08. The summed E-state index contributed by atoms with van der Waals surface area (Å²) < 4.78 is 0. The topological polar surface area (TPSA) is 78.4 Å². The third-order valence-electron chi connectivity index (χ3n) is 4.22. The quantitative estimate of drug-likeness (QED) is 0.463. The zero-order valence-electron chi connectivity index (χ0n) is 15.4. The van der Waals surface area contributed by atoms with Crippen LogP contribution in [0.15, 0.2) is 24.3 Å². The van der Waals surface area contributed by atoms with E-state index >= 15 is 0 Å². The van der Waals surface area contributed by atoms with Crippen molar-refractivity contribution < 1.29 is 14.7 Å². The van der Waals surface area contributed by atoms with E-state index in [2.05, 4.69) is 17.6 Å². The number of carboxylic acid groups (broad SMARTS) is 1. The van der Waals surface area contributed by atoms with Crippen molar-refractivity contribution in [1.29, 1.82) is 0 Å². The molecule has 0 aliphatic heterocycles. The lowest BCUT2D eigenvalue weighted by atomic mass is 10.0. The number of nitrogens with one attached hydrogen (secondary N) is 2. The highest BCUT2D eigenvalue weighted by molar-refractivity contribution is 5.94. The summed E-state index contributed by atoms with van der Waals surface area (Å²) in [7, 11) is 0. The molecule has 0 spiro atoms. The zero-order valence-corrected chi connectivity index (χ0v) is 15.4. The predicted octanol–water partition coefficient (Wildman–Crippen LogP) is 4.37. The average Bonchev–Trinajstić information content (AvgIpc) is 2.61. The molecule has 0 heterocycles. The number of unbranched alkanes of at least 4 members (excludes halogenated alkanes) is 7. The van der Waals surface area contributed by atoms with Crippen molar-refractivity contribution in [3.8, 4) is 0 Å². The Labute approximate surface area is 151 Å². The Morgan fingerprint density at radius 1 is 0.840 bits per heavy atom. The maximum Gasteiger partial charge on any atom is 0.404 e. The Balaban J connectivity index is 2.16. The Kier molecular flexibility index (Phi) is 11.2. The Hall–Kier alpha value is -2.04. The fourth-order valence-corrected chi connectivity index (χ4v) is 2.73. The van der Waals surface area contributed by atoms with Gasteiger partial charge in [0.25, 0.3) is 5.91 Å². The molecule has 25 heavy (non-hydrogen) atoms. The predicted molar refractivity (Wildman–Crippen MR) is 101 cm³/mol. The number of aryl methyl sites for hydroxylation is 1. The highest BCUT2D eigenvalue weighted by Gasteiger charge is 2.05. The van der Waals surface area contributed by atoms with Crippen molar-refractivity contribution >= 4 is 12.0 Å². The average molecular weight is 348 g/mol. The molecular weight excluding hydrogens is 316 g/mol. The molecule has 1 rings (SSSR count). The normalized spacial score (nSPS) is 10.4. The maximum atomic E-state index is 11.9. The molecule has 0 saturated carbocycles. The lowest BCUT2D eigenvalue weighted by Gasteiger charge is -2.07. The van der Waals surface area contributed by atoms with E-state index in [1.165, 1.54) is 56.9 Å². The number of hydrogen-bond acceptors (Lipinski definition) is 2. The molecule has 1 aromatic carbocycles. The summed E-state index contributed by atoms with van der Waals surface area (Å²) in [5.74, 6) is -0.175. The fourth-order valence-electron chi connectivity index (χ4n) is 2.73. The lowest BCUT2D eigenvalue weighted by Crippen LogP contribution is -2.33. The van der Waals surface area contributed by atoms with Crippen LogP contribution in [-0.2, 0) is 6.42 Å². The van der Waals surface area contributed by atoms with Crippen LogP contribution in [0.3, 0.4) is 0 Å². The molecule has 3 N–H and O–H groups in total. The van der Waals surface area contributed by atoms with Gasteiger partial charge in [-0.15, -0.1) is 0 Å². The van der Waals surface area contributed by atoms with Gasteiger partial charge in [-0.3, -0.25) is 4.79 Å². The highest BCUT2D eigenvalue weighted by Crippen LogP contribution is 2.12. The number of carbonyl (C=O) groups excluding carboxylic acids is 1. The summed E-state index contributed by atoms with van der Waals surface area (Å²) in [4.78, 5) is 22.2. The van der Waals surface area contributed by atoms with Crippen molar-refractivity contribution in [2.24, 2.45) is 0 Å². The summed E-state index contributed by atoms with van der Waals surface area (Å²) in [5.41, 5.74) is 1.87. The van der Waals surface area contributed by atoms with Gasteiger partial charge in [0.05, 0.1) is 0 Å². The third kappa shape index (κ3) is 10.4. The van der Waals surface area contributed by atoms with Crippen LogP contribution in [0.5, 0.6) is 0 Å². The van der Waals surface area contributed by atoms with Crippen LogP contribution >= 0.6 is 0 Å². The molecule has 0 aromatic heterocycles. The second-order valence-corrected chi connectivity index (χ2v) is 6.41. The van der Waals surface area contributed by atoms with Crippen molar-refractivity contribution in [2.45, 2.75) is 64.7 Å². The smallest absolute Gasteiger partial charge is 0.404 e. The lowest BCUT2D eigenvalue weighted by molar-refractivity contribution is 0.0953. The first-order valence-corrected chi connectivity index (χ1v) is 9.47. The van der Waals surface area contributed by atoms with Gasteiger partial charge in [-0.1, -0.05) is 64.0 Å². The summed E-state index contributed by atoms with van der Waals surface area (Å²) >= 11 is 0. The Bertz CT molecular complexity index is 500. The number of benzene rings is 1. The van der Waals surface area contributed by atoms with Gasteiger partial charge in [0.1, 0.15) is 0 Å². The first kappa shape index (κ1) is 21.0. The second-order valence-electron chi connectivity index (χ2n) is 6.41. The standard InChI is InChI=1S/C20H32N2O3/c1-2-3-4-5-6-7-8-9-10-17-11-13-18(14-12-17)19(23)21-15-16-22-20(24)25/h11-14,22H,2-10,15-16H2,1H3,(H,21,23)(H,24,25). The zero-order chi connectivity index (χ0) is 18.3. The molecule has 1 aromatic rings. The molecule has 0 bridgehead atoms. The minimum absolute atomic E-state index is 0.175. The van der Waals surface area contributed by atoms with Gasteiger partial charge in [0, 0.05) is 18.7 Å². The molecule has 0 aliphatic rings. The van der Waals surface area contributed by atoms with Crippen LogP contribution in [0.4, 0.5) is 4.79 Å². The van der Waals surface area contributed by atoms with E-state index in [4.69, 9.17) is 5.11 Å². The van der Waals surface area contributed by atoms with Gasteiger partial charge >= 0.3 is 6.09 Å². The van der Waals surface area contributed by atoms with Crippen molar-refractivity contribution in [2.75, 3.05) is 13.1 Å². The third-order valence-corrected chi connectivity index (χ3v) is 4.22. The summed E-state index contributed by atoms with van der Waals surface area (Å²) in [6, 6.07) is 7.68. The fraction of sp³-hybridized carbons (Fsp3) is 0.600. The Morgan fingerprint density at radius 2 is 1.40 bits per heavy atom. The number of carbonyl (C=O) groups is 2. The van der Waals surface area contributed by atoms with Crippen LogP contribution in [0.1, 0.15) is 74.2 Å². The molecule has 0 aliphatic carbocycles. The first-order valence-electron chi connectivity index (χ1n) is 9.47. The molecule has 0 fully saturated rings. The van der Waals surface area contributed by atoms with Crippen molar-refractivity contribution in [3.63, 3.8) is 0 Å². The Morgan fingerprint density at radius 3 is 2.00 bits per heavy atom. The summed E-state index contributed by atoms with van der Waals surface area (Å²) in [6.45, 7) is 2.73. The van der Waals surface area contributed by atoms with Crippen LogP contribution < -0.4 is 10.6 Å². The molecule has 0 radical (unpaired) electrons. The summed E-state index contributed by atoms with van der Waals surface area (Å²) in [5, 5.41) is 13.4. The van der Waals surface area contributed by atoms with Crippen LogP contribution in [0.25, 0.3) is 0 Å². The van der Waals surface area contributed by atoms with Gasteiger partial charge in [0.2, 0.25) is 0 Å². The van der Waals surface area contributed by atoms with Gasteiger partial charge in [-0.05, 0) is 30.5 Å². The van der Waals surface area contributed by atoms with E-state index in [1.807, 2.05) is 24.3 Å². The van der Waals surface area contributed by atoms with Crippen LogP contribution in [-0.4, -0.2) is 30.2 Å². The molecule has 5 heteroatoms. The largest absolute Gasteiger partial charge is 0.465 e. The highest BCUT2D eigenvalue weighted by atomic mass is 16.4. The maximum absolute atomic E-state index is 11.9. The second kappa shape index (κ2) is 13.3. The van der Waals surface area contributed by atoms with E-state index in [-0.39, 0.29) is 19.0 Å². The SMILES string of the molecule is CCCCCCCCCCc1ccc(C(=O)NCCNC(=O)O)cc1. The van der Waals surface area contributed by atoms with E-state index in [0.29, 0.717) is 5.56 Å². The van der Waals surface area contributed by atoms with E-state index in [1.54, 1.807) is 0 Å². The summed E-state index contributed by atoms with van der Waals surface area (Å²) in [6.07, 6.45) is 10.5. The molecule has 0 atom stereocenters. The molecule has 0 unspecified atom stereocenters. The van der Waals surface area contributed by atoms with Crippen LogP contribution in [0.2, 0.25) is 0 Å². The molecule has 0 saturated heterocycles. The molecule has 140 valence electrons. The van der Waals surface area contributed by atoms with Crippen molar-refractivity contribution in [1.82, 2.24) is 10.6 Å².